The fourth-order valence-corrected chi connectivity index (χ4v) is 1.88. The number of nitrogens with one attached hydrogen (secondary N) is 1. The summed E-state index contributed by atoms with van der Waals surface area (Å²) in [4.78, 5) is 18.0. The number of hydrogen-bond donors (Lipinski definition) is 4. The van der Waals surface area contributed by atoms with Crippen molar-refractivity contribution >= 4 is 16.9 Å². The zero-order valence-corrected chi connectivity index (χ0v) is 9.92. The second-order valence-electron chi connectivity index (χ2n) is 4.28. The number of nitrogens with two attached hydrogens (primary N) is 1. The highest BCUT2D eigenvalue weighted by molar-refractivity contribution is 5.76. The number of nitrogens with zero attached hydrogens (tertiary/aromatic N) is 1. The number of aryl methyl sites for hydroxylation is 1. The van der Waals surface area contributed by atoms with Crippen molar-refractivity contribution in [2.45, 2.75) is 25.6 Å². The van der Waals surface area contributed by atoms with Gasteiger partial charge in [-0.1, -0.05) is 6.07 Å². The van der Waals surface area contributed by atoms with Gasteiger partial charge < -0.3 is 20.9 Å². The third-order valence-electron chi connectivity index (χ3n) is 2.74. The van der Waals surface area contributed by atoms with Crippen LogP contribution >= 0.6 is 0 Å². The first-order valence-electron chi connectivity index (χ1n) is 5.58. The molecule has 0 aliphatic rings. The van der Waals surface area contributed by atoms with Crippen molar-refractivity contribution in [3.05, 3.63) is 29.6 Å². The van der Waals surface area contributed by atoms with E-state index in [0.29, 0.717) is 5.56 Å². The van der Waals surface area contributed by atoms with Gasteiger partial charge in [0.15, 0.2) is 0 Å². The molecule has 2 unspecified atom stereocenters. The Morgan fingerprint density at radius 3 is 2.89 bits per heavy atom. The lowest BCUT2D eigenvalue weighted by Gasteiger charge is -2.16. The molecule has 1 aromatic heterocycles. The summed E-state index contributed by atoms with van der Waals surface area (Å²) in [5.74, 6) is 0.120. The molecule has 0 aliphatic heterocycles. The van der Waals surface area contributed by atoms with Gasteiger partial charge in [-0.3, -0.25) is 4.79 Å². The molecule has 1 heterocycles. The summed E-state index contributed by atoms with van der Waals surface area (Å²) >= 11 is 0. The average molecular weight is 249 g/mol. The molecular formula is C12H15N3O3. The number of rotatable bonds is 4. The molecule has 2 rings (SSSR count). The molecule has 0 saturated carbocycles. The Kier molecular flexibility index (Phi) is 3.31. The van der Waals surface area contributed by atoms with Gasteiger partial charge in [0.1, 0.15) is 11.9 Å². The van der Waals surface area contributed by atoms with Gasteiger partial charge in [-0.15, -0.1) is 0 Å². The minimum atomic E-state index is -1.20. The number of aromatic amines is 1. The van der Waals surface area contributed by atoms with Crippen molar-refractivity contribution in [3.63, 3.8) is 0 Å². The van der Waals surface area contributed by atoms with Crippen molar-refractivity contribution in [3.8, 4) is 0 Å². The quantitative estimate of drug-likeness (QED) is 0.617. The molecule has 1 amide bonds. The van der Waals surface area contributed by atoms with E-state index in [1.807, 2.05) is 6.92 Å². The van der Waals surface area contributed by atoms with E-state index in [0.717, 1.165) is 16.9 Å². The molecule has 0 bridgehead atoms. The van der Waals surface area contributed by atoms with Gasteiger partial charge in [-0.2, -0.15) is 0 Å². The standard InChI is InChI=1S/C12H15N3O3/c1-6-14-8-3-2-7(4-9(8)15-6)12(18)10(16)5-11(13)17/h2-4,10,12,16,18H,5H2,1H3,(H2,13,17)(H,14,15). The predicted molar refractivity (Wildman–Crippen MR) is 65.6 cm³/mol. The van der Waals surface area contributed by atoms with Crippen molar-refractivity contribution in [2.24, 2.45) is 5.73 Å². The summed E-state index contributed by atoms with van der Waals surface area (Å²) in [5, 5.41) is 19.6. The molecule has 96 valence electrons. The molecule has 0 fully saturated rings. The van der Waals surface area contributed by atoms with E-state index >= 15 is 0 Å². The van der Waals surface area contributed by atoms with Crippen LogP contribution in [0.15, 0.2) is 18.2 Å². The fourth-order valence-electron chi connectivity index (χ4n) is 1.88. The predicted octanol–water partition coefficient (Wildman–Crippen LogP) is 0.141. The Bertz CT molecular complexity index is 579. The molecule has 2 aromatic rings. The largest absolute Gasteiger partial charge is 0.390 e. The molecule has 6 heteroatoms. The first-order valence-corrected chi connectivity index (χ1v) is 5.58. The Labute approximate surface area is 103 Å². The highest BCUT2D eigenvalue weighted by atomic mass is 16.3. The van der Waals surface area contributed by atoms with E-state index in [9.17, 15) is 15.0 Å². The van der Waals surface area contributed by atoms with E-state index in [1.165, 1.54) is 0 Å². The van der Waals surface area contributed by atoms with Crippen LogP contribution in [0.3, 0.4) is 0 Å². The smallest absolute Gasteiger partial charge is 0.220 e. The number of H-pyrrole nitrogens is 1. The molecule has 0 aliphatic carbocycles. The number of hydrogen-bond acceptors (Lipinski definition) is 4. The van der Waals surface area contributed by atoms with Crippen LogP contribution in [0.25, 0.3) is 11.0 Å². The number of aliphatic hydroxyl groups excluding tert-OH is 2. The van der Waals surface area contributed by atoms with Crippen molar-refractivity contribution < 1.29 is 15.0 Å². The zero-order chi connectivity index (χ0) is 13.3. The molecule has 5 N–H and O–H groups in total. The van der Waals surface area contributed by atoms with Gasteiger partial charge in [0.05, 0.1) is 23.6 Å². The maximum atomic E-state index is 10.7. The number of amides is 1. The van der Waals surface area contributed by atoms with Crippen LogP contribution in [-0.4, -0.2) is 32.2 Å². The molecule has 1 aromatic carbocycles. The number of aromatic nitrogens is 2. The Morgan fingerprint density at radius 1 is 1.50 bits per heavy atom. The molecule has 0 spiro atoms. The van der Waals surface area contributed by atoms with Gasteiger partial charge in [0.2, 0.25) is 5.91 Å². The molecule has 2 atom stereocenters. The molecule has 0 radical (unpaired) electrons. The summed E-state index contributed by atoms with van der Waals surface area (Å²) in [6, 6.07) is 5.11. The van der Waals surface area contributed by atoms with E-state index in [1.54, 1.807) is 18.2 Å². The van der Waals surface area contributed by atoms with Crippen LogP contribution < -0.4 is 5.73 Å². The van der Waals surface area contributed by atoms with E-state index < -0.39 is 18.1 Å². The van der Waals surface area contributed by atoms with Gasteiger partial charge >= 0.3 is 0 Å². The van der Waals surface area contributed by atoms with E-state index in [2.05, 4.69) is 9.97 Å². The fraction of sp³-hybridized carbons (Fsp3) is 0.333. The average Bonchev–Trinajstić information content (AvgIpc) is 2.65. The second-order valence-corrected chi connectivity index (χ2v) is 4.28. The number of carbonyl (C=O) groups excluding carboxylic acids is 1. The van der Waals surface area contributed by atoms with E-state index in [-0.39, 0.29) is 6.42 Å². The lowest BCUT2D eigenvalue weighted by atomic mass is 10.0. The number of primary amides is 1. The molecular weight excluding hydrogens is 234 g/mol. The topological polar surface area (TPSA) is 112 Å². The number of imidazole rings is 1. The SMILES string of the molecule is Cc1nc2ccc(C(O)C(O)CC(N)=O)cc2[nH]1. The third-order valence-corrected chi connectivity index (χ3v) is 2.74. The number of benzene rings is 1. The number of fused-ring (bicyclic) bond motifs is 1. The highest BCUT2D eigenvalue weighted by Gasteiger charge is 2.20. The van der Waals surface area contributed by atoms with Crippen molar-refractivity contribution in [1.82, 2.24) is 9.97 Å². The molecule has 0 saturated heterocycles. The summed E-state index contributed by atoms with van der Waals surface area (Å²) in [6.45, 7) is 1.83. The molecule has 6 nitrogen and oxygen atoms in total. The lowest BCUT2D eigenvalue weighted by molar-refractivity contribution is -0.121. The van der Waals surface area contributed by atoms with Crippen LogP contribution in [0.1, 0.15) is 23.9 Å². The zero-order valence-electron chi connectivity index (χ0n) is 9.92. The first-order chi connectivity index (χ1) is 8.47. The summed E-state index contributed by atoms with van der Waals surface area (Å²) in [6.07, 6.45) is -2.63. The second kappa shape index (κ2) is 4.75. The number of aliphatic hydroxyl groups is 2. The minimum absolute atomic E-state index is 0.277. The summed E-state index contributed by atoms with van der Waals surface area (Å²) in [5.41, 5.74) is 7.05. The van der Waals surface area contributed by atoms with Gasteiger partial charge in [0.25, 0.3) is 0 Å². The maximum Gasteiger partial charge on any atom is 0.220 e. The van der Waals surface area contributed by atoms with Crippen LogP contribution in [-0.2, 0) is 4.79 Å². The Hall–Kier alpha value is -1.92. The lowest BCUT2D eigenvalue weighted by Crippen LogP contribution is -2.25. The normalized spacial score (nSPS) is 14.6. The monoisotopic (exact) mass is 249 g/mol. The van der Waals surface area contributed by atoms with Gasteiger partial charge in [-0.05, 0) is 24.6 Å². The summed E-state index contributed by atoms with van der Waals surface area (Å²) in [7, 11) is 0. The maximum absolute atomic E-state index is 10.7. The first kappa shape index (κ1) is 12.5. The minimum Gasteiger partial charge on any atom is -0.390 e. The van der Waals surface area contributed by atoms with Crippen LogP contribution in [0.4, 0.5) is 0 Å². The van der Waals surface area contributed by atoms with Crippen molar-refractivity contribution in [2.75, 3.05) is 0 Å². The summed E-state index contributed by atoms with van der Waals surface area (Å²) < 4.78 is 0. The van der Waals surface area contributed by atoms with E-state index in [4.69, 9.17) is 5.73 Å². The third kappa shape index (κ3) is 2.49. The number of carbonyl (C=O) groups is 1. The highest BCUT2D eigenvalue weighted by Crippen LogP contribution is 2.22. The van der Waals surface area contributed by atoms with Crippen LogP contribution in [0.2, 0.25) is 0 Å². The molecule has 18 heavy (non-hydrogen) atoms. The van der Waals surface area contributed by atoms with Crippen LogP contribution in [0, 0.1) is 6.92 Å². The Balaban J connectivity index is 2.26. The van der Waals surface area contributed by atoms with Crippen molar-refractivity contribution in [1.29, 1.82) is 0 Å². The van der Waals surface area contributed by atoms with Gasteiger partial charge in [0, 0.05) is 0 Å². The Morgan fingerprint density at radius 2 is 2.22 bits per heavy atom. The van der Waals surface area contributed by atoms with Gasteiger partial charge in [-0.25, -0.2) is 4.98 Å². The van der Waals surface area contributed by atoms with Crippen LogP contribution in [0.5, 0.6) is 0 Å².